The van der Waals surface area contributed by atoms with E-state index in [1.807, 2.05) is 18.2 Å². The first-order valence-corrected chi connectivity index (χ1v) is 11.3. The molecule has 158 valence electrons. The Hall–Kier alpha value is -3.28. The third-order valence-electron chi connectivity index (χ3n) is 6.16. The molecule has 0 saturated carbocycles. The second-order valence-electron chi connectivity index (χ2n) is 8.07. The van der Waals surface area contributed by atoms with E-state index in [4.69, 9.17) is 15.0 Å². The van der Waals surface area contributed by atoms with E-state index >= 15 is 0 Å². The highest BCUT2D eigenvalue weighted by Crippen LogP contribution is 2.31. The van der Waals surface area contributed by atoms with Crippen LogP contribution in [-0.4, -0.2) is 37.6 Å². The maximum absolute atomic E-state index is 4.88. The molecule has 3 aromatic heterocycles. The number of aryl methyl sites for hydroxylation is 2. The summed E-state index contributed by atoms with van der Waals surface area (Å²) in [6.45, 7) is 6.28. The third kappa shape index (κ3) is 3.78. The molecule has 1 aliphatic rings. The summed E-state index contributed by atoms with van der Waals surface area (Å²) in [7, 11) is 0. The van der Waals surface area contributed by atoms with Crippen molar-refractivity contribution in [3.8, 4) is 11.5 Å². The Kier molecular flexibility index (Phi) is 5.37. The molecule has 1 aliphatic heterocycles. The number of aromatic nitrogens is 5. The van der Waals surface area contributed by atoms with Gasteiger partial charge in [-0.15, -0.1) is 0 Å². The molecule has 1 saturated heterocycles. The van der Waals surface area contributed by atoms with Gasteiger partial charge < -0.3 is 9.47 Å². The van der Waals surface area contributed by atoms with Crippen molar-refractivity contribution in [1.82, 2.24) is 24.5 Å². The van der Waals surface area contributed by atoms with Crippen molar-refractivity contribution >= 4 is 16.9 Å². The van der Waals surface area contributed by atoms with Gasteiger partial charge in [0.1, 0.15) is 17.3 Å². The minimum absolute atomic E-state index is 0.473. The first-order chi connectivity index (χ1) is 15.3. The van der Waals surface area contributed by atoms with Crippen LogP contribution in [0.1, 0.15) is 44.2 Å². The molecule has 31 heavy (non-hydrogen) atoms. The summed E-state index contributed by atoms with van der Waals surface area (Å²) in [5.74, 6) is 2.91. The lowest BCUT2D eigenvalue weighted by Crippen LogP contribution is -2.35. The van der Waals surface area contributed by atoms with Gasteiger partial charge >= 0.3 is 0 Å². The maximum Gasteiger partial charge on any atom is 0.180 e. The van der Waals surface area contributed by atoms with Crippen molar-refractivity contribution in [3.63, 3.8) is 0 Å². The average Bonchev–Trinajstić information content (AvgIpc) is 3.23. The molecule has 5 rings (SSSR count). The minimum Gasteiger partial charge on any atom is -0.356 e. The van der Waals surface area contributed by atoms with Gasteiger partial charge in [0.15, 0.2) is 5.82 Å². The average molecular weight is 413 g/mol. The SMILES string of the molecule is CCc1cc(N2CCC(n3c(CC)nc4ccccc43)CC2)nc(-c2ccccn2)n1. The van der Waals surface area contributed by atoms with Gasteiger partial charge in [0.05, 0.1) is 11.0 Å². The van der Waals surface area contributed by atoms with Crippen molar-refractivity contribution < 1.29 is 0 Å². The van der Waals surface area contributed by atoms with Gasteiger partial charge in [-0.3, -0.25) is 4.98 Å². The number of rotatable bonds is 5. The molecule has 0 N–H and O–H groups in total. The molecule has 0 aliphatic carbocycles. The van der Waals surface area contributed by atoms with Gasteiger partial charge in [-0.2, -0.15) is 0 Å². The van der Waals surface area contributed by atoms with Gasteiger partial charge in [0, 0.05) is 43.5 Å². The van der Waals surface area contributed by atoms with Gasteiger partial charge in [-0.05, 0) is 43.5 Å². The summed E-state index contributed by atoms with van der Waals surface area (Å²) in [5.41, 5.74) is 4.24. The van der Waals surface area contributed by atoms with Crippen LogP contribution in [0.2, 0.25) is 0 Å². The maximum atomic E-state index is 4.88. The number of pyridine rings is 1. The van der Waals surface area contributed by atoms with Crippen LogP contribution in [-0.2, 0) is 12.8 Å². The Morgan fingerprint density at radius 1 is 0.903 bits per heavy atom. The first-order valence-electron chi connectivity index (χ1n) is 11.3. The lowest BCUT2D eigenvalue weighted by Gasteiger charge is -2.34. The first kappa shape index (κ1) is 19.7. The monoisotopic (exact) mass is 412 g/mol. The van der Waals surface area contributed by atoms with Gasteiger partial charge in [0.2, 0.25) is 0 Å². The molecule has 6 heteroatoms. The number of imidazole rings is 1. The number of fused-ring (bicyclic) bond motifs is 1. The molecule has 0 radical (unpaired) electrons. The second-order valence-corrected chi connectivity index (χ2v) is 8.07. The third-order valence-corrected chi connectivity index (χ3v) is 6.16. The number of hydrogen-bond acceptors (Lipinski definition) is 5. The zero-order valence-corrected chi connectivity index (χ0v) is 18.2. The quantitative estimate of drug-likeness (QED) is 0.469. The van der Waals surface area contributed by atoms with E-state index in [0.29, 0.717) is 11.9 Å². The molecule has 0 unspecified atom stereocenters. The molecule has 0 bridgehead atoms. The predicted octanol–water partition coefficient (Wildman–Crippen LogP) is 4.85. The van der Waals surface area contributed by atoms with Crippen LogP contribution in [0.3, 0.4) is 0 Å². The van der Waals surface area contributed by atoms with Crippen LogP contribution in [0.25, 0.3) is 22.6 Å². The normalized spacial score (nSPS) is 15.0. The van der Waals surface area contributed by atoms with Gasteiger partial charge in [-0.25, -0.2) is 15.0 Å². The Labute approximate surface area is 183 Å². The highest BCUT2D eigenvalue weighted by Gasteiger charge is 2.25. The molecule has 0 spiro atoms. The summed E-state index contributed by atoms with van der Waals surface area (Å²) in [5, 5.41) is 0. The molecular weight excluding hydrogens is 384 g/mol. The molecule has 4 heterocycles. The van der Waals surface area contributed by atoms with Crippen molar-refractivity contribution in [2.45, 2.75) is 45.6 Å². The molecule has 0 amide bonds. The minimum atomic E-state index is 0.473. The van der Waals surface area contributed by atoms with Gasteiger partial charge in [0.25, 0.3) is 0 Å². The smallest absolute Gasteiger partial charge is 0.180 e. The van der Waals surface area contributed by atoms with Crippen molar-refractivity contribution in [2.75, 3.05) is 18.0 Å². The van der Waals surface area contributed by atoms with Crippen molar-refractivity contribution in [3.05, 3.63) is 66.2 Å². The van der Waals surface area contributed by atoms with Crippen molar-refractivity contribution in [2.24, 2.45) is 0 Å². The van der Waals surface area contributed by atoms with E-state index in [2.05, 4.69) is 58.6 Å². The lowest BCUT2D eigenvalue weighted by atomic mass is 10.0. The summed E-state index contributed by atoms with van der Waals surface area (Å²) >= 11 is 0. The van der Waals surface area contributed by atoms with Crippen LogP contribution in [0.5, 0.6) is 0 Å². The summed E-state index contributed by atoms with van der Waals surface area (Å²) in [4.78, 5) is 21.3. The fourth-order valence-electron chi connectivity index (χ4n) is 4.54. The fraction of sp³-hybridized carbons (Fsp3) is 0.360. The summed E-state index contributed by atoms with van der Waals surface area (Å²) in [6.07, 6.45) is 5.79. The lowest BCUT2D eigenvalue weighted by molar-refractivity contribution is 0.394. The van der Waals surface area contributed by atoms with E-state index in [0.717, 1.165) is 61.5 Å². The summed E-state index contributed by atoms with van der Waals surface area (Å²) in [6, 6.07) is 17.0. The van der Waals surface area contributed by atoms with Crippen molar-refractivity contribution in [1.29, 1.82) is 0 Å². The zero-order chi connectivity index (χ0) is 21.2. The van der Waals surface area contributed by atoms with E-state index in [9.17, 15) is 0 Å². The molecule has 6 nitrogen and oxygen atoms in total. The molecule has 1 fully saturated rings. The topological polar surface area (TPSA) is 59.7 Å². The molecule has 4 aromatic rings. The predicted molar refractivity (Wildman–Crippen MR) is 124 cm³/mol. The van der Waals surface area contributed by atoms with E-state index < -0.39 is 0 Å². The number of anilines is 1. The second kappa shape index (κ2) is 8.46. The van der Waals surface area contributed by atoms with E-state index in [1.54, 1.807) is 6.20 Å². The number of piperidine rings is 1. The highest BCUT2D eigenvalue weighted by molar-refractivity contribution is 5.76. The zero-order valence-electron chi connectivity index (χ0n) is 18.2. The van der Waals surface area contributed by atoms with Crippen LogP contribution in [0.15, 0.2) is 54.7 Å². The van der Waals surface area contributed by atoms with Crippen LogP contribution in [0.4, 0.5) is 5.82 Å². The Morgan fingerprint density at radius 3 is 2.45 bits per heavy atom. The Morgan fingerprint density at radius 2 is 1.71 bits per heavy atom. The van der Waals surface area contributed by atoms with Crippen LogP contribution >= 0.6 is 0 Å². The molecule has 1 aromatic carbocycles. The fourth-order valence-corrected chi connectivity index (χ4v) is 4.54. The largest absolute Gasteiger partial charge is 0.356 e. The van der Waals surface area contributed by atoms with Gasteiger partial charge in [-0.1, -0.05) is 32.0 Å². The standard InChI is InChI=1S/C25H28N6/c1-3-18-17-24(29-25(27-18)21-10-7-8-14-26-21)30-15-12-19(13-16-30)31-22-11-6-5-9-20(22)28-23(31)4-2/h5-11,14,17,19H,3-4,12-13,15-16H2,1-2H3. The van der Waals surface area contributed by atoms with Crippen LogP contribution in [0, 0.1) is 0 Å². The number of benzene rings is 1. The number of nitrogens with zero attached hydrogens (tertiary/aromatic N) is 6. The summed E-state index contributed by atoms with van der Waals surface area (Å²) < 4.78 is 2.48. The highest BCUT2D eigenvalue weighted by atomic mass is 15.2. The number of para-hydroxylation sites is 2. The number of hydrogen-bond donors (Lipinski definition) is 0. The Balaban J connectivity index is 1.40. The van der Waals surface area contributed by atoms with Crippen LogP contribution < -0.4 is 4.90 Å². The molecular formula is C25H28N6. The molecule has 0 atom stereocenters. The van der Waals surface area contributed by atoms with E-state index in [1.165, 1.54) is 11.3 Å². The van der Waals surface area contributed by atoms with E-state index in [-0.39, 0.29) is 0 Å². The Bertz CT molecular complexity index is 1180.